The fraction of sp³-hybridized carbons (Fsp3) is 0.111. The first kappa shape index (κ1) is 14.1. The molecule has 0 radical (unpaired) electrons. The van der Waals surface area contributed by atoms with Crippen LogP contribution < -0.4 is 11.1 Å². The van der Waals surface area contributed by atoms with E-state index in [1.165, 1.54) is 0 Å². The number of rotatable bonds is 3. The second kappa shape index (κ2) is 5.48. The molecule has 22 heavy (non-hydrogen) atoms. The molecule has 3 aromatic rings. The molecule has 2 amide bonds. The Balaban J connectivity index is 2.24. The lowest BCUT2D eigenvalue weighted by atomic mass is 9.96. The summed E-state index contributed by atoms with van der Waals surface area (Å²) in [5, 5.41) is 6.35. The summed E-state index contributed by atoms with van der Waals surface area (Å²) in [6, 6.07) is 16.7. The third kappa shape index (κ3) is 2.39. The first-order valence-corrected chi connectivity index (χ1v) is 7.08. The molecule has 4 heteroatoms. The third-order valence-corrected chi connectivity index (χ3v) is 3.77. The van der Waals surface area contributed by atoms with E-state index < -0.39 is 11.9 Å². The van der Waals surface area contributed by atoms with Gasteiger partial charge in [-0.1, -0.05) is 48.5 Å². The molecule has 0 heterocycles. The second-order valence-corrected chi connectivity index (χ2v) is 5.29. The van der Waals surface area contributed by atoms with E-state index >= 15 is 0 Å². The second-order valence-electron chi connectivity index (χ2n) is 5.29. The van der Waals surface area contributed by atoms with Gasteiger partial charge in [-0.25, -0.2) is 0 Å². The molecular formula is C18H16N2O2. The van der Waals surface area contributed by atoms with Gasteiger partial charge in [0.1, 0.15) is 6.04 Å². The van der Waals surface area contributed by atoms with Crippen molar-refractivity contribution in [3.63, 3.8) is 0 Å². The fourth-order valence-electron chi connectivity index (χ4n) is 2.60. The normalized spacial score (nSPS) is 12.2. The van der Waals surface area contributed by atoms with Crippen molar-refractivity contribution in [3.8, 4) is 0 Å². The van der Waals surface area contributed by atoms with Crippen molar-refractivity contribution in [1.82, 2.24) is 5.32 Å². The van der Waals surface area contributed by atoms with Gasteiger partial charge in [0, 0.05) is 0 Å². The summed E-state index contributed by atoms with van der Waals surface area (Å²) in [6.07, 6.45) is 0. The summed E-state index contributed by atoms with van der Waals surface area (Å²) in [5.41, 5.74) is 5.81. The molecule has 0 aliphatic carbocycles. The molecule has 110 valence electrons. The largest absolute Gasteiger partial charge is 0.368 e. The van der Waals surface area contributed by atoms with Gasteiger partial charge in [0.2, 0.25) is 5.91 Å². The predicted octanol–water partition coefficient (Wildman–Crippen LogP) is 2.60. The molecule has 0 aliphatic heterocycles. The van der Waals surface area contributed by atoms with Crippen LogP contribution in [0.2, 0.25) is 0 Å². The lowest BCUT2D eigenvalue weighted by Crippen LogP contribution is -2.42. The molecule has 0 saturated carbocycles. The highest BCUT2D eigenvalue weighted by molar-refractivity contribution is 6.18. The highest BCUT2D eigenvalue weighted by Gasteiger charge is 2.18. The van der Waals surface area contributed by atoms with E-state index in [0.29, 0.717) is 5.56 Å². The number of benzene rings is 3. The van der Waals surface area contributed by atoms with E-state index in [1.807, 2.05) is 48.5 Å². The molecule has 3 rings (SSSR count). The molecule has 0 aromatic heterocycles. The lowest BCUT2D eigenvalue weighted by Gasteiger charge is -2.14. The van der Waals surface area contributed by atoms with Crippen LogP contribution in [0, 0.1) is 0 Å². The van der Waals surface area contributed by atoms with E-state index in [4.69, 9.17) is 5.73 Å². The Hall–Kier alpha value is -2.88. The van der Waals surface area contributed by atoms with Crippen molar-refractivity contribution >= 4 is 33.4 Å². The maximum Gasteiger partial charge on any atom is 0.253 e. The van der Waals surface area contributed by atoms with Gasteiger partial charge in [0.25, 0.3) is 5.91 Å². The van der Waals surface area contributed by atoms with Crippen LogP contribution in [0.1, 0.15) is 17.3 Å². The first-order valence-electron chi connectivity index (χ1n) is 7.08. The van der Waals surface area contributed by atoms with Crippen LogP contribution in [-0.4, -0.2) is 17.9 Å². The van der Waals surface area contributed by atoms with Crippen LogP contribution in [0.4, 0.5) is 0 Å². The maximum absolute atomic E-state index is 12.7. The molecule has 4 nitrogen and oxygen atoms in total. The van der Waals surface area contributed by atoms with Crippen molar-refractivity contribution < 1.29 is 9.59 Å². The minimum absolute atomic E-state index is 0.292. The molecule has 0 saturated heterocycles. The Morgan fingerprint density at radius 1 is 0.955 bits per heavy atom. The Labute approximate surface area is 127 Å². The summed E-state index contributed by atoms with van der Waals surface area (Å²) in [7, 11) is 0. The summed E-state index contributed by atoms with van der Waals surface area (Å²) in [4.78, 5) is 23.9. The number of amides is 2. The van der Waals surface area contributed by atoms with Gasteiger partial charge < -0.3 is 11.1 Å². The van der Waals surface area contributed by atoms with Gasteiger partial charge in [-0.15, -0.1) is 0 Å². The lowest BCUT2D eigenvalue weighted by molar-refractivity contribution is -0.119. The maximum atomic E-state index is 12.7. The highest BCUT2D eigenvalue weighted by Crippen LogP contribution is 2.28. The van der Waals surface area contributed by atoms with E-state index in [2.05, 4.69) is 11.4 Å². The monoisotopic (exact) mass is 292 g/mol. The molecule has 1 atom stereocenters. The number of carbonyl (C=O) groups is 2. The molecule has 0 bridgehead atoms. The van der Waals surface area contributed by atoms with Crippen molar-refractivity contribution in [1.29, 1.82) is 0 Å². The van der Waals surface area contributed by atoms with Crippen molar-refractivity contribution in [2.75, 3.05) is 0 Å². The van der Waals surface area contributed by atoms with Crippen LogP contribution in [0.3, 0.4) is 0 Å². The molecule has 0 aliphatic rings. The number of fused-ring (bicyclic) bond motifs is 2. The molecule has 0 unspecified atom stereocenters. The van der Waals surface area contributed by atoms with E-state index in [1.54, 1.807) is 6.92 Å². The van der Waals surface area contributed by atoms with Gasteiger partial charge in [0.05, 0.1) is 5.56 Å². The summed E-state index contributed by atoms with van der Waals surface area (Å²) < 4.78 is 0. The number of nitrogens with one attached hydrogen (secondary N) is 1. The number of primary amides is 1. The van der Waals surface area contributed by atoms with E-state index in [-0.39, 0.29) is 5.91 Å². The quantitative estimate of drug-likeness (QED) is 0.728. The fourth-order valence-corrected chi connectivity index (χ4v) is 2.60. The molecule has 0 spiro atoms. The average molecular weight is 292 g/mol. The summed E-state index contributed by atoms with van der Waals surface area (Å²) in [6.45, 7) is 1.58. The standard InChI is InChI=1S/C18H16N2O2/c1-11(17(19)21)20-18(22)16-14-8-4-2-6-12(14)10-13-7-3-5-9-15(13)16/h2-11H,1H3,(H2,19,21)(H,20,22)/t11-/m1/s1. The highest BCUT2D eigenvalue weighted by atomic mass is 16.2. The summed E-state index contributed by atoms with van der Waals surface area (Å²) in [5.74, 6) is -0.850. The van der Waals surface area contributed by atoms with Gasteiger partial charge in [-0.2, -0.15) is 0 Å². The van der Waals surface area contributed by atoms with Gasteiger partial charge in [-0.05, 0) is 34.5 Å². The zero-order chi connectivity index (χ0) is 15.7. The van der Waals surface area contributed by atoms with Crippen LogP contribution in [-0.2, 0) is 4.79 Å². The van der Waals surface area contributed by atoms with E-state index in [0.717, 1.165) is 21.5 Å². The summed E-state index contributed by atoms with van der Waals surface area (Å²) >= 11 is 0. The minimum Gasteiger partial charge on any atom is -0.368 e. The zero-order valence-corrected chi connectivity index (χ0v) is 12.2. The van der Waals surface area contributed by atoms with Gasteiger partial charge in [-0.3, -0.25) is 9.59 Å². The Bertz CT molecular complexity index is 833. The first-order chi connectivity index (χ1) is 10.6. The van der Waals surface area contributed by atoms with Crippen molar-refractivity contribution in [2.24, 2.45) is 5.73 Å². The Kier molecular flexibility index (Phi) is 3.51. The van der Waals surface area contributed by atoms with E-state index in [9.17, 15) is 9.59 Å². The van der Waals surface area contributed by atoms with Crippen LogP contribution in [0.5, 0.6) is 0 Å². The number of carbonyl (C=O) groups excluding carboxylic acids is 2. The molecular weight excluding hydrogens is 276 g/mol. The topological polar surface area (TPSA) is 72.2 Å². The van der Waals surface area contributed by atoms with Gasteiger partial charge >= 0.3 is 0 Å². The predicted molar refractivity (Wildman–Crippen MR) is 87.6 cm³/mol. The van der Waals surface area contributed by atoms with Crippen LogP contribution in [0.15, 0.2) is 54.6 Å². The number of nitrogens with two attached hydrogens (primary N) is 1. The smallest absolute Gasteiger partial charge is 0.253 e. The molecule has 0 fully saturated rings. The van der Waals surface area contributed by atoms with Crippen LogP contribution >= 0.6 is 0 Å². The average Bonchev–Trinajstić information content (AvgIpc) is 2.52. The minimum atomic E-state index is -0.717. The number of hydrogen-bond acceptors (Lipinski definition) is 2. The zero-order valence-electron chi connectivity index (χ0n) is 12.2. The van der Waals surface area contributed by atoms with Crippen molar-refractivity contribution in [3.05, 3.63) is 60.2 Å². The van der Waals surface area contributed by atoms with Gasteiger partial charge in [0.15, 0.2) is 0 Å². The Morgan fingerprint density at radius 2 is 1.45 bits per heavy atom. The number of hydrogen-bond donors (Lipinski definition) is 2. The third-order valence-electron chi connectivity index (χ3n) is 3.77. The van der Waals surface area contributed by atoms with Crippen molar-refractivity contribution in [2.45, 2.75) is 13.0 Å². The Morgan fingerprint density at radius 3 is 1.95 bits per heavy atom. The molecule has 3 aromatic carbocycles. The molecule has 3 N–H and O–H groups in total. The van der Waals surface area contributed by atoms with Crippen LogP contribution in [0.25, 0.3) is 21.5 Å². The SMILES string of the molecule is C[C@@H](NC(=O)c1c2ccccc2cc2ccccc12)C(N)=O.